The number of phenolic OH excluding ortho intramolecular Hbond substituents is 1. The zero-order valence-corrected chi connectivity index (χ0v) is 20.2. The predicted octanol–water partition coefficient (Wildman–Crippen LogP) is 2.48. The molecule has 0 saturated carbocycles. The molecular weight excluding hydrogens is 500 g/mol. The van der Waals surface area contributed by atoms with Crippen molar-refractivity contribution in [1.82, 2.24) is 15.0 Å². The standard InChI is InChI=1S/C25H22N4O7S/c30-21-8-4-5-17-9-10-18(26-23(17)21)11-12-22(31)28-15-13-19(14-16-28)35-24-25(29(32)36-27-24)37(33,34)20-6-2-1-3-7-20/h1-12,19,30H,13-16H2/b12-11-. The third-order valence-electron chi connectivity index (χ3n) is 6.00. The van der Waals surface area contributed by atoms with E-state index in [0.717, 1.165) is 5.39 Å². The third kappa shape index (κ3) is 4.96. The number of fused-ring (bicyclic) bond motifs is 1. The number of hydrogen-bond donors (Lipinski definition) is 1. The lowest BCUT2D eigenvalue weighted by Crippen LogP contribution is -2.41. The number of hydrogen-bond acceptors (Lipinski definition) is 9. The Balaban J connectivity index is 1.22. The molecule has 12 heteroatoms. The highest BCUT2D eigenvalue weighted by molar-refractivity contribution is 7.91. The van der Waals surface area contributed by atoms with Crippen molar-refractivity contribution in [2.75, 3.05) is 13.1 Å². The topological polar surface area (TPSA) is 150 Å². The molecule has 1 amide bonds. The van der Waals surface area contributed by atoms with Crippen molar-refractivity contribution in [1.29, 1.82) is 0 Å². The second-order valence-electron chi connectivity index (χ2n) is 8.42. The molecule has 1 aliphatic rings. The molecular formula is C25H22N4O7S. The molecule has 37 heavy (non-hydrogen) atoms. The fraction of sp³-hybridized carbons (Fsp3) is 0.200. The van der Waals surface area contributed by atoms with Gasteiger partial charge in [-0.1, -0.05) is 36.4 Å². The van der Waals surface area contributed by atoms with E-state index in [1.165, 1.54) is 30.3 Å². The number of carbonyl (C=O) groups is 1. The van der Waals surface area contributed by atoms with Crippen LogP contribution in [0.4, 0.5) is 0 Å². The first-order chi connectivity index (χ1) is 17.8. The van der Waals surface area contributed by atoms with Gasteiger partial charge in [0.1, 0.15) is 17.4 Å². The molecule has 1 fully saturated rings. The predicted molar refractivity (Wildman–Crippen MR) is 130 cm³/mol. The largest absolute Gasteiger partial charge is 0.506 e. The van der Waals surface area contributed by atoms with Crippen LogP contribution in [0.15, 0.2) is 81.3 Å². The Labute approximate surface area is 211 Å². The van der Waals surface area contributed by atoms with E-state index in [-0.39, 0.29) is 21.5 Å². The summed E-state index contributed by atoms with van der Waals surface area (Å²) in [6, 6.07) is 16.1. The maximum absolute atomic E-state index is 12.9. The highest BCUT2D eigenvalue weighted by Crippen LogP contribution is 2.27. The highest BCUT2D eigenvalue weighted by atomic mass is 32.2. The summed E-state index contributed by atoms with van der Waals surface area (Å²) >= 11 is 0. The number of carbonyl (C=O) groups excluding carboxylic acids is 1. The van der Waals surface area contributed by atoms with Gasteiger partial charge < -0.3 is 20.0 Å². The van der Waals surface area contributed by atoms with Crippen LogP contribution < -0.4 is 9.64 Å². The molecule has 1 saturated heterocycles. The zero-order chi connectivity index (χ0) is 26.0. The van der Waals surface area contributed by atoms with Crippen LogP contribution in [0.25, 0.3) is 17.0 Å². The van der Waals surface area contributed by atoms with Crippen LogP contribution in [0.5, 0.6) is 11.6 Å². The summed E-state index contributed by atoms with van der Waals surface area (Å²) in [7, 11) is -4.21. The average Bonchev–Trinajstić information content (AvgIpc) is 3.29. The van der Waals surface area contributed by atoms with Gasteiger partial charge in [0.05, 0.1) is 15.7 Å². The maximum atomic E-state index is 12.9. The van der Waals surface area contributed by atoms with Crippen molar-refractivity contribution in [3.63, 3.8) is 0 Å². The molecule has 5 rings (SSSR count). The molecule has 0 radical (unpaired) electrons. The van der Waals surface area contributed by atoms with Crippen molar-refractivity contribution in [2.45, 2.75) is 28.9 Å². The number of aromatic hydroxyl groups is 1. The van der Waals surface area contributed by atoms with Gasteiger partial charge in [-0.05, 0) is 35.2 Å². The molecule has 4 aromatic rings. The SMILES string of the molecule is O=C(/C=C\c1ccc2cccc(O)c2n1)N1CCC(Oc2no[n+]([O-])c2S(=O)(=O)c2ccccc2)CC1. The number of nitrogens with zero attached hydrogens (tertiary/aromatic N) is 4. The Morgan fingerprint density at radius 2 is 1.86 bits per heavy atom. The first-order valence-corrected chi connectivity index (χ1v) is 12.9. The molecule has 3 heterocycles. The summed E-state index contributed by atoms with van der Waals surface area (Å²) in [6.07, 6.45) is 3.33. The van der Waals surface area contributed by atoms with Crippen LogP contribution in [0.2, 0.25) is 0 Å². The summed E-state index contributed by atoms with van der Waals surface area (Å²) in [6.45, 7) is 0.714. The van der Waals surface area contributed by atoms with Crippen LogP contribution in [0.3, 0.4) is 0 Å². The van der Waals surface area contributed by atoms with Gasteiger partial charge in [0.25, 0.3) is 9.84 Å². The van der Waals surface area contributed by atoms with Crippen molar-refractivity contribution >= 4 is 32.7 Å². The number of likely N-dealkylation sites (tertiary alicyclic amines) is 1. The number of piperidine rings is 1. The van der Waals surface area contributed by atoms with Gasteiger partial charge in [0.15, 0.2) is 0 Å². The number of phenols is 1. The molecule has 0 atom stereocenters. The van der Waals surface area contributed by atoms with Gasteiger partial charge in [-0.3, -0.25) is 9.42 Å². The molecule has 1 N–H and O–H groups in total. The Bertz CT molecular complexity index is 1580. The molecule has 190 valence electrons. The van der Waals surface area contributed by atoms with Crippen molar-refractivity contribution in [2.24, 2.45) is 0 Å². The molecule has 2 aromatic heterocycles. The minimum Gasteiger partial charge on any atom is -0.506 e. The third-order valence-corrected chi connectivity index (χ3v) is 7.73. The number of para-hydroxylation sites is 1. The minimum absolute atomic E-state index is 0.0653. The number of benzene rings is 2. The lowest BCUT2D eigenvalue weighted by atomic mass is 10.1. The Morgan fingerprint density at radius 3 is 2.62 bits per heavy atom. The van der Waals surface area contributed by atoms with Crippen LogP contribution >= 0.6 is 0 Å². The monoisotopic (exact) mass is 522 g/mol. The fourth-order valence-corrected chi connectivity index (χ4v) is 5.36. The van der Waals surface area contributed by atoms with E-state index in [9.17, 15) is 23.5 Å². The fourth-order valence-electron chi connectivity index (χ4n) is 4.08. The zero-order valence-electron chi connectivity index (χ0n) is 19.4. The van der Waals surface area contributed by atoms with Gasteiger partial charge in [0.2, 0.25) is 5.91 Å². The van der Waals surface area contributed by atoms with Crippen LogP contribution in [0, 0.1) is 5.21 Å². The number of amides is 1. The van der Waals surface area contributed by atoms with Gasteiger partial charge in [-0.25, -0.2) is 13.4 Å². The van der Waals surface area contributed by atoms with Crippen LogP contribution in [-0.2, 0) is 14.6 Å². The molecule has 0 bridgehead atoms. The number of aromatic nitrogens is 3. The Morgan fingerprint density at radius 1 is 1.11 bits per heavy atom. The second-order valence-corrected chi connectivity index (χ2v) is 10.3. The Hall–Kier alpha value is -4.45. The molecule has 0 unspecified atom stereocenters. The lowest BCUT2D eigenvalue weighted by molar-refractivity contribution is -0.832. The number of rotatable bonds is 6. The highest BCUT2D eigenvalue weighted by Gasteiger charge is 2.37. The van der Waals surface area contributed by atoms with E-state index in [4.69, 9.17) is 4.74 Å². The molecule has 0 aliphatic carbocycles. The minimum atomic E-state index is -4.21. The normalized spacial score (nSPS) is 14.9. The van der Waals surface area contributed by atoms with Gasteiger partial charge in [-0.2, -0.15) is 0 Å². The van der Waals surface area contributed by atoms with E-state index in [2.05, 4.69) is 14.8 Å². The first-order valence-electron chi connectivity index (χ1n) is 11.4. The molecule has 2 aromatic carbocycles. The van der Waals surface area contributed by atoms with Gasteiger partial charge >= 0.3 is 10.9 Å². The molecule has 11 nitrogen and oxygen atoms in total. The molecule has 0 spiro atoms. The number of sulfone groups is 1. The summed E-state index contributed by atoms with van der Waals surface area (Å²) < 4.78 is 36.1. The van der Waals surface area contributed by atoms with Crippen LogP contribution in [-0.4, -0.2) is 53.7 Å². The summed E-state index contributed by atoms with van der Waals surface area (Å²) in [5.74, 6) is -0.562. The van der Waals surface area contributed by atoms with Crippen LogP contribution in [0.1, 0.15) is 18.5 Å². The van der Waals surface area contributed by atoms with Crippen molar-refractivity contribution < 1.29 is 32.6 Å². The lowest BCUT2D eigenvalue weighted by Gasteiger charge is -2.30. The quantitative estimate of drug-likeness (QED) is 0.298. The molecule has 1 aliphatic heterocycles. The van der Waals surface area contributed by atoms with E-state index in [1.54, 1.807) is 35.2 Å². The van der Waals surface area contributed by atoms with E-state index in [0.29, 0.717) is 37.1 Å². The smallest absolute Gasteiger partial charge is 0.415 e. The Kier molecular flexibility index (Phi) is 6.49. The van der Waals surface area contributed by atoms with E-state index < -0.39 is 26.8 Å². The maximum Gasteiger partial charge on any atom is 0.415 e. The summed E-state index contributed by atoms with van der Waals surface area (Å²) in [5.41, 5.74) is 0.987. The van der Waals surface area contributed by atoms with Crippen molar-refractivity contribution in [3.8, 4) is 11.6 Å². The van der Waals surface area contributed by atoms with Gasteiger partial charge in [-0.15, -0.1) is 0 Å². The first kappa shape index (κ1) is 24.3. The van der Waals surface area contributed by atoms with Crippen molar-refractivity contribution in [3.05, 3.63) is 77.6 Å². The number of pyridine rings is 1. The second kappa shape index (κ2) is 9.90. The average molecular weight is 523 g/mol. The van der Waals surface area contributed by atoms with E-state index >= 15 is 0 Å². The summed E-state index contributed by atoms with van der Waals surface area (Å²) in [5, 5.41) is 25.6. The van der Waals surface area contributed by atoms with E-state index in [1.807, 2.05) is 12.1 Å². The number of ether oxygens (including phenoxy) is 1. The summed E-state index contributed by atoms with van der Waals surface area (Å²) in [4.78, 5) is 18.4. The van der Waals surface area contributed by atoms with Gasteiger partial charge in [0, 0.05) is 37.4 Å².